The van der Waals surface area contributed by atoms with Crippen LogP contribution in [0.15, 0.2) is 12.1 Å². The normalized spacial score (nSPS) is 34.6. The molecule has 2 aliphatic heterocycles. The maximum absolute atomic E-state index is 11.8. The van der Waals surface area contributed by atoms with E-state index >= 15 is 0 Å². The molecule has 4 rings (SSSR count). The standard InChI is InChI=1S/C13H14BClN2O4/c1-17-6-12(18)20-14(17,21-13(19)7-17)9-4-10(8-2-3-8)16-11(15)5-9/h4-5,8H,2-3,6-7H2,1H3. The Hall–Kier alpha value is -1.60. The van der Waals surface area contributed by atoms with Gasteiger partial charge in [-0.25, -0.2) is 4.98 Å². The molecule has 3 aliphatic rings. The Kier molecular flexibility index (Phi) is 2.48. The summed E-state index contributed by atoms with van der Waals surface area (Å²) in [6.45, 7) is -1.95. The topological polar surface area (TPSA) is 65.5 Å². The first-order valence-electron chi connectivity index (χ1n) is 7.02. The maximum atomic E-state index is 11.8. The van der Waals surface area contributed by atoms with Crippen LogP contribution in [0.1, 0.15) is 24.5 Å². The van der Waals surface area contributed by atoms with Gasteiger partial charge in [0.25, 0.3) is 0 Å². The summed E-state index contributed by atoms with van der Waals surface area (Å²) in [4.78, 5) is 27.9. The highest BCUT2D eigenvalue weighted by Gasteiger charge is 2.66. The summed E-state index contributed by atoms with van der Waals surface area (Å²) in [7, 11) is 1.81. The molecule has 0 aromatic carbocycles. The first kappa shape index (κ1) is 13.1. The molecule has 8 heteroatoms. The fourth-order valence-corrected chi connectivity index (χ4v) is 3.65. The number of halogens is 1. The van der Waals surface area contributed by atoms with Crippen LogP contribution < -0.4 is 5.46 Å². The Morgan fingerprint density at radius 1 is 1.24 bits per heavy atom. The van der Waals surface area contributed by atoms with Crippen molar-refractivity contribution in [3.8, 4) is 0 Å². The van der Waals surface area contributed by atoms with Crippen molar-refractivity contribution in [1.82, 2.24) is 4.98 Å². The SMILES string of the molecule is C[N+]12CC(=O)O[B-]1(c1cc(Cl)nc(C3CC3)c1)OC(=O)C2. The molecule has 110 valence electrons. The van der Waals surface area contributed by atoms with E-state index in [2.05, 4.69) is 4.98 Å². The van der Waals surface area contributed by atoms with Crippen LogP contribution >= 0.6 is 11.6 Å². The van der Waals surface area contributed by atoms with Gasteiger partial charge in [-0.2, -0.15) is 0 Å². The molecule has 6 nitrogen and oxygen atoms in total. The highest BCUT2D eigenvalue weighted by Crippen LogP contribution is 2.40. The number of carbonyl (C=O) groups excluding carboxylic acids is 2. The molecule has 0 amide bonds. The molecule has 0 spiro atoms. The van der Waals surface area contributed by atoms with Crippen LogP contribution in [0.3, 0.4) is 0 Å². The molecule has 21 heavy (non-hydrogen) atoms. The Balaban J connectivity index is 1.87. The number of fused-ring (bicyclic) bond motifs is 1. The van der Waals surface area contributed by atoms with E-state index in [0.717, 1.165) is 18.5 Å². The van der Waals surface area contributed by atoms with E-state index < -0.39 is 6.69 Å². The predicted molar refractivity (Wildman–Crippen MR) is 74.7 cm³/mol. The van der Waals surface area contributed by atoms with Gasteiger partial charge in [0.05, 0.1) is 0 Å². The lowest BCUT2D eigenvalue weighted by molar-refractivity contribution is -0.791. The molecule has 0 bridgehead atoms. The van der Waals surface area contributed by atoms with E-state index in [1.165, 1.54) is 0 Å². The predicted octanol–water partition coefficient (Wildman–Crippen LogP) is 0.318. The van der Waals surface area contributed by atoms with Crippen molar-refractivity contribution in [2.24, 2.45) is 0 Å². The highest BCUT2D eigenvalue weighted by atomic mass is 35.5. The Morgan fingerprint density at radius 2 is 1.86 bits per heavy atom. The number of hydrogen-bond acceptors (Lipinski definition) is 5. The average Bonchev–Trinajstić information content (AvgIpc) is 3.12. The summed E-state index contributed by atoms with van der Waals surface area (Å²) >= 11 is 6.12. The molecule has 0 radical (unpaired) electrons. The summed E-state index contributed by atoms with van der Waals surface area (Å²) in [5.41, 5.74) is 1.53. The molecule has 3 heterocycles. The molecule has 0 N–H and O–H groups in total. The van der Waals surface area contributed by atoms with Crippen molar-refractivity contribution < 1.29 is 23.3 Å². The van der Waals surface area contributed by atoms with Gasteiger partial charge in [-0.1, -0.05) is 17.7 Å². The monoisotopic (exact) mass is 308 g/mol. The molecule has 0 unspecified atom stereocenters. The van der Waals surface area contributed by atoms with E-state index in [1.54, 1.807) is 13.1 Å². The molecule has 1 aliphatic carbocycles. The van der Waals surface area contributed by atoms with Crippen molar-refractivity contribution in [2.75, 3.05) is 20.1 Å². The molecule has 0 atom stereocenters. The number of nitrogens with zero attached hydrogens (tertiary/aromatic N) is 2. The maximum Gasteiger partial charge on any atom is 0.614 e. The van der Waals surface area contributed by atoms with Crippen molar-refractivity contribution in [3.05, 3.63) is 23.0 Å². The van der Waals surface area contributed by atoms with Gasteiger partial charge in [-0.05, 0) is 24.4 Å². The number of rotatable bonds is 2. The first-order chi connectivity index (χ1) is 9.92. The van der Waals surface area contributed by atoms with Crippen molar-refractivity contribution in [3.63, 3.8) is 0 Å². The Labute approximate surface area is 126 Å². The van der Waals surface area contributed by atoms with E-state index in [0.29, 0.717) is 16.5 Å². The smallest absolute Gasteiger partial charge is 0.596 e. The van der Waals surface area contributed by atoms with E-state index in [-0.39, 0.29) is 29.4 Å². The van der Waals surface area contributed by atoms with Crippen LogP contribution in [-0.4, -0.2) is 48.1 Å². The second kappa shape index (κ2) is 3.98. The number of pyridine rings is 1. The van der Waals surface area contributed by atoms with Crippen LogP contribution in [-0.2, 0) is 18.9 Å². The van der Waals surface area contributed by atoms with Gasteiger partial charge < -0.3 is 13.7 Å². The third kappa shape index (κ3) is 1.80. The second-order valence-electron chi connectivity index (χ2n) is 6.37. The lowest BCUT2D eigenvalue weighted by Gasteiger charge is -2.40. The number of hydrogen-bond donors (Lipinski definition) is 0. The largest absolute Gasteiger partial charge is 0.614 e. The minimum atomic E-state index is -2.21. The number of aromatic nitrogens is 1. The van der Waals surface area contributed by atoms with Crippen LogP contribution in [0.5, 0.6) is 0 Å². The quantitative estimate of drug-likeness (QED) is 0.581. The zero-order chi connectivity index (χ0) is 14.8. The summed E-state index contributed by atoms with van der Waals surface area (Å²) in [6.07, 6.45) is 2.16. The van der Waals surface area contributed by atoms with Gasteiger partial charge in [-0.3, -0.25) is 9.59 Å². The lowest BCUT2D eigenvalue weighted by Crippen LogP contribution is -2.67. The summed E-state index contributed by atoms with van der Waals surface area (Å²) in [5, 5.41) is 0.336. The van der Waals surface area contributed by atoms with Crippen molar-refractivity contribution in [1.29, 1.82) is 0 Å². The molecular weight excluding hydrogens is 294 g/mol. The van der Waals surface area contributed by atoms with Crippen molar-refractivity contribution in [2.45, 2.75) is 18.8 Å². The van der Waals surface area contributed by atoms with Crippen LogP contribution in [0, 0.1) is 0 Å². The third-order valence-corrected chi connectivity index (χ3v) is 4.83. The number of likely N-dealkylation sites (N-methyl/N-ethyl adjacent to an activating group) is 1. The van der Waals surface area contributed by atoms with E-state index in [9.17, 15) is 9.59 Å². The van der Waals surface area contributed by atoms with Gasteiger partial charge in [0.15, 0.2) is 0 Å². The molecule has 1 saturated carbocycles. The fourth-order valence-electron chi connectivity index (χ4n) is 3.43. The molecule has 1 aromatic rings. The third-order valence-electron chi connectivity index (χ3n) is 4.64. The molecule has 3 fully saturated rings. The van der Waals surface area contributed by atoms with Gasteiger partial charge in [0.2, 0.25) is 0 Å². The molecular formula is C13H14BClN2O4. The van der Waals surface area contributed by atoms with Crippen LogP contribution in [0.2, 0.25) is 5.15 Å². The van der Waals surface area contributed by atoms with Gasteiger partial charge in [0.1, 0.15) is 18.2 Å². The highest BCUT2D eigenvalue weighted by molar-refractivity contribution is 6.79. The van der Waals surface area contributed by atoms with Crippen LogP contribution in [0.25, 0.3) is 0 Å². The van der Waals surface area contributed by atoms with E-state index in [4.69, 9.17) is 20.9 Å². The number of carbonyl (C=O) groups is 2. The summed E-state index contributed by atoms with van der Waals surface area (Å²) in [5.74, 6) is -0.306. The first-order valence-corrected chi connectivity index (χ1v) is 7.40. The minimum absolute atomic E-state index is 0.127. The van der Waals surface area contributed by atoms with Gasteiger partial charge >= 0.3 is 18.6 Å². The summed E-state index contributed by atoms with van der Waals surface area (Å²) < 4.78 is 11.1. The second-order valence-corrected chi connectivity index (χ2v) is 6.76. The van der Waals surface area contributed by atoms with E-state index in [1.807, 2.05) is 6.07 Å². The van der Waals surface area contributed by atoms with Gasteiger partial charge in [0, 0.05) is 18.7 Å². The van der Waals surface area contributed by atoms with Gasteiger partial charge in [-0.15, -0.1) is 0 Å². The van der Waals surface area contributed by atoms with Crippen molar-refractivity contribution >= 4 is 35.7 Å². The zero-order valence-corrected chi connectivity index (χ0v) is 12.3. The average molecular weight is 309 g/mol. The minimum Gasteiger partial charge on any atom is -0.596 e. The van der Waals surface area contributed by atoms with Crippen LogP contribution in [0.4, 0.5) is 0 Å². The fraction of sp³-hybridized carbons (Fsp3) is 0.462. The zero-order valence-electron chi connectivity index (χ0n) is 11.5. The molecule has 1 aromatic heterocycles. The molecule has 2 saturated heterocycles. The summed E-state index contributed by atoms with van der Waals surface area (Å²) in [6, 6.07) is 3.51. The lowest BCUT2D eigenvalue weighted by atomic mass is 9.61. The Bertz CT molecular complexity index is 656. The number of quaternary nitrogens is 1. The Morgan fingerprint density at radius 3 is 2.43 bits per heavy atom.